The van der Waals surface area contributed by atoms with E-state index in [-0.39, 0.29) is 17.2 Å². The second-order valence-electron chi connectivity index (χ2n) is 4.77. The summed E-state index contributed by atoms with van der Waals surface area (Å²) >= 11 is 8.36. The average Bonchev–Trinajstić information content (AvgIpc) is 2.82. The molecule has 4 nitrogen and oxygen atoms in total. The lowest BCUT2D eigenvalue weighted by Gasteiger charge is -2.29. The maximum Gasteiger partial charge on any atom is 0.255 e. The van der Waals surface area contributed by atoms with Crippen molar-refractivity contribution in [3.63, 3.8) is 0 Å². The molecule has 0 saturated heterocycles. The topological polar surface area (TPSA) is 75.3 Å². The van der Waals surface area contributed by atoms with E-state index in [2.05, 4.69) is 21.2 Å². The fraction of sp³-hybridized carbons (Fsp3) is 0.385. The first-order valence-electron chi connectivity index (χ1n) is 6.05. The van der Waals surface area contributed by atoms with Gasteiger partial charge in [-0.25, -0.2) is 0 Å². The number of hydrogen-bond donors (Lipinski definition) is 3. The van der Waals surface area contributed by atoms with Crippen molar-refractivity contribution < 1.29 is 9.90 Å². The lowest BCUT2D eigenvalue weighted by Crippen LogP contribution is -2.54. The SMILES string of the molecule is NC(=S)C1(NC(=O)c2cc(Br)ccc2O)CCCC1. The lowest BCUT2D eigenvalue weighted by atomic mass is 9.97. The van der Waals surface area contributed by atoms with Gasteiger partial charge in [0.05, 0.1) is 16.1 Å². The predicted molar refractivity (Wildman–Crippen MR) is 81.3 cm³/mol. The van der Waals surface area contributed by atoms with Crippen molar-refractivity contribution in [1.82, 2.24) is 5.32 Å². The molecular weight excluding hydrogens is 328 g/mol. The number of halogens is 1. The number of rotatable bonds is 3. The number of carbonyl (C=O) groups excluding carboxylic acids is 1. The minimum absolute atomic E-state index is 0.0585. The second kappa shape index (κ2) is 5.46. The molecule has 0 aromatic heterocycles. The van der Waals surface area contributed by atoms with E-state index in [0.717, 1.165) is 30.2 Å². The maximum atomic E-state index is 12.3. The van der Waals surface area contributed by atoms with Gasteiger partial charge in [-0.2, -0.15) is 0 Å². The number of phenolic OH excluding ortho intramolecular Hbond substituents is 1. The van der Waals surface area contributed by atoms with Crippen LogP contribution in [0, 0.1) is 0 Å². The van der Waals surface area contributed by atoms with Crippen molar-refractivity contribution in [3.05, 3.63) is 28.2 Å². The van der Waals surface area contributed by atoms with Gasteiger partial charge in [-0.1, -0.05) is 41.0 Å². The monoisotopic (exact) mass is 342 g/mol. The van der Waals surface area contributed by atoms with Crippen LogP contribution in [0.25, 0.3) is 0 Å². The van der Waals surface area contributed by atoms with E-state index >= 15 is 0 Å². The molecule has 0 spiro atoms. The van der Waals surface area contributed by atoms with Crippen LogP contribution < -0.4 is 11.1 Å². The van der Waals surface area contributed by atoms with E-state index in [4.69, 9.17) is 18.0 Å². The summed E-state index contributed by atoms with van der Waals surface area (Å²) in [6, 6.07) is 4.72. The number of nitrogens with one attached hydrogen (secondary N) is 1. The lowest BCUT2D eigenvalue weighted by molar-refractivity contribution is 0.0921. The van der Waals surface area contributed by atoms with Gasteiger partial charge in [-0.3, -0.25) is 4.79 Å². The number of thiocarbonyl (C=S) groups is 1. The van der Waals surface area contributed by atoms with Gasteiger partial charge in [0.25, 0.3) is 5.91 Å². The molecule has 0 aliphatic heterocycles. The standard InChI is InChI=1S/C13H15BrN2O2S/c14-8-3-4-10(17)9(7-8)11(18)16-13(12(15)19)5-1-2-6-13/h3-4,7,17H,1-2,5-6H2,(H2,15,19)(H,16,18). The zero-order chi connectivity index (χ0) is 14.0. The summed E-state index contributed by atoms with van der Waals surface area (Å²) in [5, 5.41) is 12.6. The van der Waals surface area contributed by atoms with Gasteiger partial charge in [0.2, 0.25) is 0 Å². The molecule has 102 valence electrons. The first-order chi connectivity index (χ1) is 8.94. The Morgan fingerprint density at radius 1 is 1.42 bits per heavy atom. The van der Waals surface area contributed by atoms with Gasteiger partial charge in [-0.15, -0.1) is 0 Å². The highest BCUT2D eigenvalue weighted by molar-refractivity contribution is 9.10. The van der Waals surface area contributed by atoms with Gasteiger partial charge >= 0.3 is 0 Å². The third-order valence-electron chi connectivity index (χ3n) is 3.48. The Morgan fingerprint density at radius 2 is 2.05 bits per heavy atom. The molecule has 0 bridgehead atoms. The number of nitrogens with two attached hydrogens (primary N) is 1. The molecule has 19 heavy (non-hydrogen) atoms. The number of aromatic hydroxyl groups is 1. The van der Waals surface area contributed by atoms with Crippen LogP contribution >= 0.6 is 28.1 Å². The molecule has 4 N–H and O–H groups in total. The van der Waals surface area contributed by atoms with Gasteiger partial charge in [0.15, 0.2) is 0 Å². The van der Waals surface area contributed by atoms with E-state index < -0.39 is 5.54 Å². The summed E-state index contributed by atoms with van der Waals surface area (Å²) in [6.07, 6.45) is 3.48. The summed E-state index contributed by atoms with van der Waals surface area (Å²) in [4.78, 5) is 12.6. The highest BCUT2D eigenvalue weighted by Crippen LogP contribution is 2.31. The Bertz CT molecular complexity index is 527. The molecular formula is C13H15BrN2O2S. The summed E-state index contributed by atoms with van der Waals surface area (Å²) in [5.74, 6) is -0.412. The second-order valence-corrected chi connectivity index (χ2v) is 6.12. The Kier molecular flexibility index (Phi) is 4.10. The first-order valence-corrected chi connectivity index (χ1v) is 7.26. The molecule has 6 heteroatoms. The number of benzene rings is 1. The van der Waals surface area contributed by atoms with E-state index in [1.165, 1.54) is 6.07 Å². The van der Waals surface area contributed by atoms with Crippen molar-refractivity contribution in [2.24, 2.45) is 5.73 Å². The van der Waals surface area contributed by atoms with E-state index in [9.17, 15) is 9.90 Å². The Hall–Kier alpha value is -1.14. The fourth-order valence-electron chi connectivity index (χ4n) is 2.39. The molecule has 1 aliphatic carbocycles. The van der Waals surface area contributed by atoms with E-state index in [0.29, 0.717) is 4.99 Å². The molecule has 0 heterocycles. The number of phenols is 1. The Labute approximate surface area is 125 Å². The van der Waals surface area contributed by atoms with E-state index in [1.807, 2.05) is 0 Å². The smallest absolute Gasteiger partial charge is 0.255 e. The molecule has 1 saturated carbocycles. The van der Waals surface area contributed by atoms with Crippen molar-refractivity contribution in [1.29, 1.82) is 0 Å². The van der Waals surface area contributed by atoms with Crippen LogP contribution in [0.2, 0.25) is 0 Å². The third-order valence-corrected chi connectivity index (χ3v) is 4.37. The molecule has 2 rings (SSSR count). The largest absolute Gasteiger partial charge is 0.507 e. The first kappa shape index (κ1) is 14.3. The van der Waals surface area contributed by atoms with Crippen LogP contribution in [0.1, 0.15) is 36.0 Å². The van der Waals surface area contributed by atoms with Crippen molar-refractivity contribution in [3.8, 4) is 5.75 Å². The minimum Gasteiger partial charge on any atom is -0.507 e. The molecule has 0 unspecified atom stereocenters. The van der Waals surface area contributed by atoms with E-state index in [1.54, 1.807) is 12.1 Å². The molecule has 1 aliphatic rings. The van der Waals surface area contributed by atoms with Gasteiger partial charge < -0.3 is 16.2 Å². The maximum absolute atomic E-state index is 12.3. The molecule has 1 fully saturated rings. The predicted octanol–water partition coefficient (Wildman–Crippen LogP) is 2.48. The number of amides is 1. The van der Waals surface area contributed by atoms with Crippen LogP contribution in [0.3, 0.4) is 0 Å². The third kappa shape index (κ3) is 2.90. The molecule has 0 atom stereocenters. The highest BCUT2D eigenvalue weighted by Gasteiger charge is 2.38. The zero-order valence-electron chi connectivity index (χ0n) is 10.3. The summed E-state index contributed by atoms with van der Waals surface area (Å²) in [6.45, 7) is 0. The van der Waals surface area contributed by atoms with Gasteiger partial charge in [0, 0.05) is 4.47 Å². The van der Waals surface area contributed by atoms with Crippen molar-refractivity contribution in [2.75, 3.05) is 0 Å². The highest BCUT2D eigenvalue weighted by atomic mass is 79.9. The van der Waals surface area contributed by atoms with Gasteiger partial charge in [-0.05, 0) is 31.0 Å². The van der Waals surface area contributed by atoms with Crippen molar-refractivity contribution in [2.45, 2.75) is 31.2 Å². The van der Waals surface area contributed by atoms with Crippen LogP contribution in [0.4, 0.5) is 0 Å². The quantitative estimate of drug-likeness (QED) is 0.737. The molecule has 1 aromatic rings. The average molecular weight is 343 g/mol. The molecule has 0 radical (unpaired) electrons. The zero-order valence-corrected chi connectivity index (χ0v) is 12.7. The van der Waals surface area contributed by atoms with Crippen LogP contribution in [-0.2, 0) is 0 Å². The summed E-state index contributed by atoms with van der Waals surface area (Å²) in [7, 11) is 0. The minimum atomic E-state index is -0.610. The van der Waals surface area contributed by atoms with Crippen LogP contribution in [0.15, 0.2) is 22.7 Å². The molecule has 1 aromatic carbocycles. The molecule has 1 amide bonds. The van der Waals surface area contributed by atoms with Crippen molar-refractivity contribution >= 4 is 39.0 Å². The van der Waals surface area contributed by atoms with Crippen LogP contribution in [-0.4, -0.2) is 21.5 Å². The fourth-order valence-corrected chi connectivity index (χ4v) is 3.00. The summed E-state index contributed by atoms with van der Waals surface area (Å²) < 4.78 is 0.728. The normalized spacial score (nSPS) is 17.1. The Morgan fingerprint density at radius 3 is 2.63 bits per heavy atom. The Balaban J connectivity index is 2.25. The number of hydrogen-bond acceptors (Lipinski definition) is 3. The van der Waals surface area contributed by atoms with Crippen LogP contribution in [0.5, 0.6) is 5.75 Å². The van der Waals surface area contributed by atoms with Gasteiger partial charge in [0.1, 0.15) is 5.75 Å². The summed E-state index contributed by atoms with van der Waals surface area (Å²) in [5.41, 5.74) is 5.38. The number of carbonyl (C=O) groups is 1.